The zero-order valence-corrected chi connectivity index (χ0v) is 30.1. The molecule has 2 bridgehead atoms. The van der Waals surface area contributed by atoms with E-state index in [2.05, 4.69) is 53.9 Å². The number of amides is 1. The van der Waals surface area contributed by atoms with Crippen LogP contribution in [0.3, 0.4) is 0 Å². The molecule has 2 aliphatic rings. The Balaban J connectivity index is 1.24. The number of fused-ring (bicyclic) bond motifs is 3. The quantitative estimate of drug-likeness (QED) is 0.140. The van der Waals surface area contributed by atoms with E-state index in [1.807, 2.05) is 55.6 Å². The second kappa shape index (κ2) is 13.0. The molecule has 2 saturated heterocycles. The summed E-state index contributed by atoms with van der Waals surface area (Å²) >= 11 is 0. The van der Waals surface area contributed by atoms with Crippen LogP contribution in [-0.2, 0) is 22.7 Å². The van der Waals surface area contributed by atoms with Crippen LogP contribution in [0.1, 0.15) is 53.4 Å². The van der Waals surface area contributed by atoms with Crippen LogP contribution >= 0.6 is 0 Å². The molecule has 0 radical (unpaired) electrons. The number of rotatable bonds is 10. The lowest BCUT2D eigenvalue weighted by Gasteiger charge is -2.42. The molecule has 2 fully saturated rings. The molecule has 4 aromatic rings. The maximum Gasteiger partial charge on any atom is 0.410 e. The average Bonchev–Trinajstić information content (AvgIpc) is 3.73. The highest BCUT2D eigenvalue weighted by Crippen LogP contribution is 2.39. The number of piperidine rings is 1. The van der Waals surface area contributed by atoms with Gasteiger partial charge in [0.05, 0.1) is 30.1 Å². The van der Waals surface area contributed by atoms with Crippen LogP contribution in [0.2, 0.25) is 25.7 Å². The van der Waals surface area contributed by atoms with E-state index >= 15 is 0 Å². The third kappa shape index (κ3) is 7.20. The number of hydrogen-bond acceptors (Lipinski definition) is 9. The predicted molar refractivity (Wildman–Crippen MR) is 186 cm³/mol. The molecule has 13 heteroatoms. The minimum Gasteiger partial charge on any atom is -0.444 e. The molecule has 3 aromatic heterocycles. The molecule has 252 valence electrons. The summed E-state index contributed by atoms with van der Waals surface area (Å²) in [4.78, 5) is 18.9. The smallest absolute Gasteiger partial charge is 0.410 e. The van der Waals surface area contributed by atoms with Gasteiger partial charge in [-0.1, -0.05) is 25.7 Å². The fourth-order valence-electron chi connectivity index (χ4n) is 6.75. The minimum absolute atomic E-state index is 0.183. The van der Waals surface area contributed by atoms with Crippen molar-refractivity contribution in [3.8, 4) is 22.5 Å². The molecule has 6 rings (SSSR count). The molecule has 0 N–H and O–H groups in total. The van der Waals surface area contributed by atoms with Gasteiger partial charge in [-0.15, -0.1) is 10.2 Å². The lowest BCUT2D eigenvalue weighted by atomic mass is 9.96. The molecule has 47 heavy (non-hydrogen) atoms. The van der Waals surface area contributed by atoms with Crippen molar-refractivity contribution in [1.82, 2.24) is 39.9 Å². The zero-order chi connectivity index (χ0) is 33.5. The second-order valence-corrected chi connectivity index (χ2v) is 20.7. The van der Waals surface area contributed by atoms with Gasteiger partial charge >= 0.3 is 6.09 Å². The molecule has 2 unspecified atom stereocenters. The van der Waals surface area contributed by atoms with Gasteiger partial charge in [0, 0.05) is 56.4 Å². The fraction of sp³-hybridized carbons (Fsp3) is 0.588. The van der Waals surface area contributed by atoms with Gasteiger partial charge in [0.25, 0.3) is 0 Å². The van der Waals surface area contributed by atoms with Gasteiger partial charge in [-0.3, -0.25) is 0 Å². The first-order valence-electron chi connectivity index (χ1n) is 16.9. The van der Waals surface area contributed by atoms with Crippen LogP contribution in [0.25, 0.3) is 33.4 Å². The normalized spacial score (nSPS) is 19.8. The molecular weight excluding hydrogens is 611 g/mol. The van der Waals surface area contributed by atoms with E-state index in [0.717, 1.165) is 71.0 Å². The molecule has 1 aromatic carbocycles. The summed E-state index contributed by atoms with van der Waals surface area (Å²) < 4.78 is 13.8. The number of nitrogens with zero attached hydrogens (tertiary/aromatic N) is 9. The number of carbonyl (C=O) groups excluding carboxylic acids is 1. The van der Waals surface area contributed by atoms with E-state index in [4.69, 9.17) is 24.8 Å². The van der Waals surface area contributed by atoms with E-state index in [9.17, 15) is 4.79 Å². The van der Waals surface area contributed by atoms with Crippen molar-refractivity contribution in [1.29, 1.82) is 0 Å². The van der Waals surface area contributed by atoms with Gasteiger partial charge in [0.15, 0.2) is 5.82 Å². The molecule has 12 nitrogen and oxygen atoms in total. The van der Waals surface area contributed by atoms with Crippen LogP contribution in [0.4, 0.5) is 10.6 Å². The van der Waals surface area contributed by atoms with Crippen molar-refractivity contribution in [3.63, 3.8) is 0 Å². The summed E-state index contributed by atoms with van der Waals surface area (Å²) in [5, 5.41) is 24.2. The summed E-state index contributed by atoms with van der Waals surface area (Å²) in [7, 11) is 0.866. The number of benzene rings is 1. The van der Waals surface area contributed by atoms with Crippen LogP contribution in [-0.4, -0.2) is 91.4 Å². The number of ether oxygens (including phenoxy) is 2. The molecule has 0 saturated carbocycles. The van der Waals surface area contributed by atoms with Gasteiger partial charge in [-0.25, -0.2) is 9.48 Å². The Morgan fingerprint density at radius 3 is 2.32 bits per heavy atom. The Labute approximate surface area is 278 Å². The Bertz CT molecular complexity index is 1690. The van der Waals surface area contributed by atoms with Gasteiger partial charge in [0.1, 0.15) is 18.0 Å². The molecule has 2 aliphatic heterocycles. The number of anilines is 1. The Hall–Kier alpha value is -3.84. The largest absolute Gasteiger partial charge is 0.444 e. The van der Waals surface area contributed by atoms with Crippen molar-refractivity contribution in [2.75, 3.05) is 18.6 Å². The highest BCUT2D eigenvalue weighted by atomic mass is 28.3. The van der Waals surface area contributed by atoms with Gasteiger partial charge in [0.2, 0.25) is 0 Å². The summed E-state index contributed by atoms with van der Waals surface area (Å²) in [6, 6.07) is 9.94. The second-order valence-electron chi connectivity index (χ2n) is 15.1. The summed E-state index contributed by atoms with van der Waals surface area (Å²) in [6.45, 7) is 16.6. The van der Waals surface area contributed by atoms with Crippen molar-refractivity contribution >= 4 is 30.9 Å². The van der Waals surface area contributed by atoms with E-state index in [-0.39, 0.29) is 24.2 Å². The first kappa shape index (κ1) is 33.1. The SMILES string of the molecule is CCn1ncc(-c2ccc(-c3ccc(N(C)C4CC5CCC(C4)N5C(=O)OC(C)(C)C)nn3)c3c2cnn3COCC[Si](C)(C)C)n1. The fourth-order valence-corrected chi connectivity index (χ4v) is 7.51. The lowest BCUT2D eigenvalue weighted by Crippen LogP contribution is -2.53. The predicted octanol–water partition coefficient (Wildman–Crippen LogP) is 6.45. The van der Waals surface area contributed by atoms with E-state index in [1.165, 1.54) is 0 Å². The molecular formula is C34H49N9O3Si. The Morgan fingerprint density at radius 1 is 0.979 bits per heavy atom. The maximum absolute atomic E-state index is 13.0. The van der Waals surface area contributed by atoms with Crippen LogP contribution in [0.15, 0.2) is 36.7 Å². The number of hydrogen-bond donors (Lipinski definition) is 0. The molecule has 0 aliphatic carbocycles. The van der Waals surface area contributed by atoms with Crippen molar-refractivity contribution in [2.45, 2.75) is 116 Å². The van der Waals surface area contributed by atoms with Crippen molar-refractivity contribution in [3.05, 3.63) is 36.7 Å². The van der Waals surface area contributed by atoms with E-state index in [0.29, 0.717) is 19.9 Å². The number of aromatic nitrogens is 7. The first-order chi connectivity index (χ1) is 22.3. The topological polar surface area (TPSA) is 116 Å². The van der Waals surface area contributed by atoms with E-state index < -0.39 is 13.7 Å². The average molecular weight is 660 g/mol. The van der Waals surface area contributed by atoms with Crippen molar-refractivity contribution < 1.29 is 14.3 Å². The number of aryl methyl sites for hydroxylation is 1. The van der Waals surface area contributed by atoms with Gasteiger partial charge in [-0.05, 0) is 77.6 Å². The van der Waals surface area contributed by atoms with Gasteiger partial charge < -0.3 is 19.3 Å². The third-order valence-corrected chi connectivity index (χ3v) is 11.0. The molecule has 5 heterocycles. The lowest BCUT2D eigenvalue weighted by molar-refractivity contribution is 0.00596. The molecule has 0 spiro atoms. The Kier molecular flexibility index (Phi) is 9.14. The van der Waals surface area contributed by atoms with Crippen LogP contribution in [0.5, 0.6) is 0 Å². The Morgan fingerprint density at radius 2 is 1.70 bits per heavy atom. The third-order valence-electron chi connectivity index (χ3n) is 9.25. The van der Waals surface area contributed by atoms with Crippen LogP contribution in [0, 0.1) is 0 Å². The minimum atomic E-state index is -1.22. The summed E-state index contributed by atoms with van der Waals surface area (Å²) in [5.41, 5.74) is 3.90. The summed E-state index contributed by atoms with van der Waals surface area (Å²) in [5.74, 6) is 0.816. The highest BCUT2D eigenvalue weighted by Gasteiger charge is 2.46. The monoisotopic (exact) mass is 659 g/mol. The molecule has 1 amide bonds. The molecule has 2 atom stereocenters. The summed E-state index contributed by atoms with van der Waals surface area (Å²) in [6.07, 6.45) is 7.28. The highest BCUT2D eigenvalue weighted by molar-refractivity contribution is 6.76. The maximum atomic E-state index is 13.0. The first-order valence-corrected chi connectivity index (χ1v) is 20.6. The van der Waals surface area contributed by atoms with Gasteiger partial charge in [-0.2, -0.15) is 20.1 Å². The standard InChI is InChI=1S/C34H49N9O3Si/c1-9-42-36-21-30(39-42)26-12-13-27(32-28(26)20-35-41(32)22-45-16-17-47(6,7)8)29-14-15-31(38-37-29)40(5)25-18-23-10-11-24(19-25)43(23)33(44)46-34(2,3)4/h12-15,20-21,23-25H,9-11,16-19,22H2,1-8H3. The van der Waals surface area contributed by atoms with Crippen LogP contribution < -0.4 is 4.90 Å². The zero-order valence-electron chi connectivity index (χ0n) is 29.1. The van der Waals surface area contributed by atoms with E-state index in [1.54, 1.807) is 11.0 Å². The van der Waals surface area contributed by atoms with Crippen molar-refractivity contribution in [2.24, 2.45) is 0 Å². The number of carbonyl (C=O) groups is 1.